The number of amides is 2. The molecule has 0 aliphatic carbocycles. The molecule has 0 radical (unpaired) electrons. The summed E-state index contributed by atoms with van der Waals surface area (Å²) in [6.07, 6.45) is 0.983. The van der Waals surface area contributed by atoms with Gasteiger partial charge in [0.05, 0.1) is 5.92 Å². The number of rotatable bonds is 5. The van der Waals surface area contributed by atoms with Gasteiger partial charge in [-0.3, -0.25) is 9.59 Å². The van der Waals surface area contributed by atoms with Crippen LogP contribution in [0.2, 0.25) is 0 Å². The molecule has 146 valence electrons. The molecule has 4 rings (SSSR count). The molecule has 0 spiro atoms. The fraction of sp³-hybridized carbons (Fsp3) is 0.200. The van der Waals surface area contributed by atoms with Gasteiger partial charge in [-0.1, -0.05) is 66.2 Å². The van der Waals surface area contributed by atoms with E-state index in [9.17, 15) is 9.59 Å². The first-order valence-electron chi connectivity index (χ1n) is 9.90. The molecule has 0 saturated carbocycles. The van der Waals surface area contributed by atoms with E-state index in [1.807, 2.05) is 73.7 Å². The minimum Gasteiger partial charge on any atom is -0.326 e. The number of aryl methyl sites for hydroxylation is 1. The van der Waals surface area contributed by atoms with Gasteiger partial charge in [0.2, 0.25) is 11.8 Å². The lowest BCUT2D eigenvalue weighted by atomic mass is 10.0. The molecule has 0 bridgehead atoms. The number of carbonyl (C=O) groups is 2. The summed E-state index contributed by atoms with van der Waals surface area (Å²) < 4.78 is 0. The standard InChI is InChI=1S/C25H24N2O2/c1-18-11-13-22(14-12-18)27-17-21(16-24(27)28)25(29)26-23-10-6-5-9-20(23)15-19-7-3-2-4-8-19/h2-14,21H,15-17H2,1H3,(H,26,29)/t21-/m0/s1. The lowest BCUT2D eigenvalue weighted by Gasteiger charge is -2.17. The van der Waals surface area contributed by atoms with E-state index < -0.39 is 0 Å². The van der Waals surface area contributed by atoms with E-state index in [1.165, 1.54) is 5.56 Å². The van der Waals surface area contributed by atoms with Crippen LogP contribution >= 0.6 is 0 Å². The summed E-state index contributed by atoms with van der Waals surface area (Å²) >= 11 is 0. The summed E-state index contributed by atoms with van der Waals surface area (Å²) in [5, 5.41) is 3.06. The maximum Gasteiger partial charge on any atom is 0.229 e. The molecule has 1 N–H and O–H groups in total. The predicted molar refractivity (Wildman–Crippen MR) is 116 cm³/mol. The highest BCUT2D eigenvalue weighted by Crippen LogP contribution is 2.27. The van der Waals surface area contributed by atoms with Crippen molar-refractivity contribution in [2.24, 2.45) is 5.92 Å². The van der Waals surface area contributed by atoms with Crippen LogP contribution < -0.4 is 10.2 Å². The molecule has 3 aromatic rings. The minimum atomic E-state index is -0.353. The van der Waals surface area contributed by atoms with Crippen LogP contribution in [0.5, 0.6) is 0 Å². The Labute approximate surface area is 171 Å². The Bertz CT molecular complexity index is 1010. The summed E-state index contributed by atoms with van der Waals surface area (Å²) in [6.45, 7) is 2.42. The number of hydrogen-bond donors (Lipinski definition) is 1. The molecule has 0 aromatic heterocycles. The van der Waals surface area contributed by atoms with Crippen molar-refractivity contribution in [3.8, 4) is 0 Å². The van der Waals surface area contributed by atoms with E-state index in [0.29, 0.717) is 6.54 Å². The largest absolute Gasteiger partial charge is 0.326 e. The molecule has 1 aliphatic rings. The molecular weight excluding hydrogens is 360 g/mol. The van der Waals surface area contributed by atoms with E-state index in [4.69, 9.17) is 0 Å². The van der Waals surface area contributed by atoms with Gasteiger partial charge in [0, 0.05) is 24.3 Å². The lowest BCUT2D eigenvalue weighted by molar-refractivity contribution is -0.122. The van der Waals surface area contributed by atoms with Gasteiger partial charge in [-0.2, -0.15) is 0 Å². The number of benzene rings is 3. The topological polar surface area (TPSA) is 49.4 Å². The summed E-state index contributed by atoms with van der Waals surface area (Å²) in [5.41, 5.74) is 5.05. The summed E-state index contributed by atoms with van der Waals surface area (Å²) in [4.78, 5) is 27.1. The molecule has 1 atom stereocenters. The van der Waals surface area contributed by atoms with Crippen molar-refractivity contribution in [3.63, 3.8) is 0 Å². The van der Waals surface area contributed by atoms with Gasteiger partial charge < -0.3 is 10.2 Å². The van der Waals surface area contributed by atoms with E-state index in [1.54, 1.807) is 4.90 Å². The molecule has 3 aromatic carbocycles. The molecule has 1 saturated heterocycles. The number of para-hydroxylation sites is 1. The maximum atomic E-state index is 12.9. The summed E-state index contributed by atoms with van der Waals surface area (Å²) in [5.74, 6) is -0.464. The smallest absolute Gasteiger partial charge is 0.229 e. The zero-order valence-corrected chi connectivity index (χ0v) is 16.5. The van der Waals surface area contributed by atoms with E-state index in [-0.39, 0.29) is 24.2 Å². The fourth-order valence-corrected chi connectivity index (χ4v) is 3.70. The Morgan fingerprint density at radius 2 is 1.66 bits per heavy atom. The van der Waals surface area contributed by atoms with Crippen LogP contribution in [-0.4, -0.2) is 18.4 Å². The second-order valence-electron chi connectivity index (χ2n) is 7.55. The van der Waals surface area contributed by atoms with Crippen LogP contribution in [-0.2, 0) is 16.0 Å². The SMILES string of the molecule is Cc1ccc(N2C[C@@H](C(=O)Nc3ccccc3Cc3ccccc3)CC2=O)cc1. The maximum absolute atomic E-state index is 12.9. The average Bonchev–Trinajstić information content (AvgIpc) is 3.13. The first kappa shape index (κ1) is 18.9. The van der Waals surface area contributed by atoms with Gasteiger partial charge in [0.15, 0.2) is 0 Å². The average molecular weight is 384 g/mol. The Morgan fingerprint density at radius 1 is 0.966 bits per heavy atom. The van der Waals surface area contributed by atoms with E-state index in [2.05, 4.69) is 17.4 Å². The normalized spacial score (nSPS) is 16.1. The lowest BCUT2D eigenvalue weighted by Crippen LogP contribution is -2.28. The fourth-order valence-electron chi connectivity index (χ4n) is 3.70. The molecule has 1 heterocycles. The van der Waals surface area contributed by atoms with Crippen molar-refractivity contribution in [3.05, 3.63) is 95.6 Å². The van der Waals surface area contributed by atoms with Crippen molar-refractivity contribution in [1.82, 2.24) is 0 Å². The van der Waals surface area contributed by atoms with Crippen molar-refractivity contribution < 1.29 is 9.59 Å². The highest BCUT2D eigenvalue weighted by Gasteiger charge is 2.35. The summed E-state index contributed by atoms with van der Waals surface area (Å²) in [6, 6.07) is 25.9. The van der Waals surface area contributed by atoms with Crippen LogP contribution in [0.25, 0.3) is 0 Å². The Balaban J connectivity index is 1.46. The first-order chi connectivity index (χ1) is 14.1. The first-order valence-corrected chi connectivity index (χ1v) is 9.90. The highest BCUT2D eigenvalue weighted by molar-refractivity contribution is 6.03. The van der Waals surface area contributed by atoms with Crippen molar-refractivity contribution in [1.29, 1.82) is 0 Å². The van der Waals surface area contributed by atoms with Gasteiger partial charge in [0.25, 0.3) is 0 Å². The summed E-state index contributed by atoms with van der Waals surface area (Å²) in [7, 11) is 0. The van der Waals surface area contributed by atoms with Crippen LogP contribution in [0.4, 0.5) is 11.4 Å². The minimum absolute atomic E-state index is 0.00780. The van der Waals surface area contributed by atoms with Crippen molar-refractivity contribution >= 4 is 23.2 Å². The highest BCUT2D eigenvalue weighted by atomic mass is 16.2. The Kier molecular flexibility index (Phi) is 5.43. The second kappa shape index (κ2) is 8.31. The second-order valence-corrected chi connectivity index (χ2v) is 7.55. The third-order valence-electron chi connectivity index (χ3n) is 5.35. The van der Waals surface area contributed by atoms with Crippen LogP contribution in [0, 0.1) is 12.8 Å². The van der Waals surface area contributed by atoms with Crippen molar-refractivity contribution in [2.45, 2.75) is 19.8 Å². The van der Waals surface area contributed by atoms with Gasteiger partial charge in [-0.25, -0.2) is 0 Å². The van der Waals surface area contributed by atoms with Gasteiger partial charge >= 0.3 is 0 Å². The molecule has 1 aliphatic heterocycles. The number of nitrogens with zero attached hydrogens (tertiary/aromatic N) is 1. The molecule has 4 nitrogen and oxygen atoms in total. The van der Waals surface area contributed by atoms with Gasteiger partial charge in [0.1, 0.15) is 0 Å². The molecular formula is C25H24N2O2. The van der Waals surface area contributed by atoms with Gasteiger partial charge in [-0.15, -0.1) is 0 Å². The zero-order valence-electron chi connectivity index (χ0n) is 16.5. The quantitative estimate of drug-likeness (QED) is 0.700. The molecule has 1 fully saturated rings. The predicted octanol–water partition coefficient (Wildman–Crippen LogP) is 4.58. The Morgan fingerprint density at radius 3 is 2.41 bits per heavy atom. The number of carbonyl (C=O) groups excluding carboxylic acids is 2. The zero-order chi connectivity index (χ0) is 20.2. The van der Waals surface area contributed by atoms with Crippen LogP contribution in [0.1, 0.15) is 23.1 Å². The third-order valence-corrected chi connectivity index (χ3v) is 5.35. The monoisotopic (exact) mass is 384 g/mol. The van der Waals surface area contributed by atoms with Gasteiger partial charge in [-0.05, 0) is 42.7 Å². The van der Waals surface area contributed by atoms with Crippen molar-refractivity contribution in [2.75, 3.05) is 16.8 Å². The van der Waals surface area contributed by atoms with Crippen LogP contribution in [0.15, 0.2) is 78.9 Å². The Hall–Kier alpha value is -3.40. The molecule has 0 unspecified atom stereocenters. The van der Waals surface area contributed by atoms with E-state index >= 15 is 0 Å². The third kappa shape index (κ3) is 4.37. The van der Waals surface area contributed by atoms with E-state index in [0.717, 1.165) is 28.9 Å². The number of anilines is 2. The molecule has 29 heavy (non-hydrogen) atoms. The molecule has 2 amide bonds. The molecule has 4 heteroatoms. The number of nitrogens with one attached hydrogen (secondary N) is 1. The number of hydrogen-bond acceptors (Lipinski definition) is 2. The van der Waals surface area contributed by atoms with Crippen LogP contribution in [0.3, 0.4) is 0 Å².